The van der Waals surface area contributed by atoms with Crippen molar-refractivity contribution in [3.63, 3.8) is 0 Å². The van der Waals surface area contributed by atoms with Gasteiger partial charge in [0, 0.05) is 0 Å². The monoisotopic (exact) mass is 155 g/mol. The van der Waals surface area contributed by atoms with Crippen molar-refractivity contribution >= 4 is 47.3 Å². The van der Waals surface area contributed by atoms with E-state index in [-0.39, 0.29) is 41.1 Å². The predicted octanol–water partition coefficient (Wildman–Crippen LogP) is -0.321. The zero-order chi connectivity index (χ0) is 6.41. The molecule has 0 amide bonds. The van der Waals surface area contributed by atoms with E-state index in [4.69, 9.17) is 10.4 Å². The molecule has 1 N–H and O–H groups in total. The van der Waals surface area contributed by atoms with Crippen LogP contribution in [0.5, 0.6) is 0 Å². The standard InChI is InChI=1S/C4H5NO2S.Na.H/c5-1-2-8-3-4(6)7;;/h2-3H2,(H,6,7);;. The van der Waals surface area contributed by atoms with Crippen molar-refractivity contribution < 1.29 is 9.90 Å². The van der Waals surface area contributed by atoms with Crippen molar-refractivity contribution in [2.45, 2.75) is 0 Å². The van der Waals surface area contributed by atoms with E-state index in [0.29, 0.717) is 0 Å². The fourth-order valence-electron chi connectivity index (χ4n) is 0.184. The van der Waals surface area contributed by atoms with Crippen LogP contribution in [-0.4, -0.2) is 52.1 Å². The van der Waals surface area contributed by atoms with Crippen LogP contribution in [0.2, 0.25) is 0 Å². The van der Waals surface area contributed by atoms with Crippen LogP contribution >= 0.6 is 11.8 Å². The Bertz CT molecular complexity index is 122. The normalized spacial score (nSPS) is 7.00. The van der Waals surface area contributed by atoms with E-state index in [0.717, 1.165) is 11.8 Å². The second-order valence-corrected chi connectivity index (χ2v) is 2.03. The van der Waals surface area contributed by atoms with Gasteiger partial charge in [-0.3, -0.25) is 4.79 Å². The molecule has 0 aromatic carbocycles. The van der Waals surface area contributed by atoms with Gasteiger partial charge in [0.25, 0.3) is 0 Å². The molecule has 5 heteroatoms. The van der Waals surface area contributed by atoms with E-state index in [9.17, 15) is 4.79 Å². The van der Waals surface area contributed by atoms with Crippen LogP contribution < -0.4 is 0 Å². The van der Waals surface area contributed by atoms with E-state index in [1.165, 1.54) is 0 Å². The van der Waals surface area contributed by atoms with Gasteiger partial charge in [-0.1, -0.05) is 0 Å². The van der Waals surface area contributed by atoms with Crippen LogP contribution in [0.15, 0.2) is 0 Å². The van der Waals surface area contributed by atoms with Gasteiger partial charge < -0.3 is 5.11 Å². The molecule has 0 spiro atoms. The minimum atomic E-state index is -0.870. The van der Waals surface area contributed by atoms with Gasteiger partial charge in [-0.05, 0) is 0 Å². The van der Waals surface area contributed by atoms with Crippen molar-refractivity contribution in [1.82, 2.24) is 0 Å². The molecule has 0 saturated heterocycles. The minimum absolute atomic E-state index is 0. The number of nitriles is 1. The second-order valence-electron chi connectivity index (χ2n) is 1.04. The number of carboxylic acids is 1. The van der Waals surface area contributed by atoms with Gasteiger partial charge in [-0.2, -0.15) is 5.26 Å². The number of hydrogen-bond acceptors (Lipinski definition) is 3. The SMILES string of the molecule is N#CCSCC(=O)O.[NaH]. The molecule has 0 unspecified atom stereocenters. The van der Waals surface area contributed by atoms with Crippen LogP contribution in [0.4, 0.5) is 0 Å². The topological polar surface area (TPSA) is 61.1 Å². The molecule has 3 nitrogen and oxygen atoms in total. The molecule has 0 aromatic heterocycles. The molecule has 0 radical (unpaired) electrons. The summed E-state index contributed by atoms with van der Waals surface area (Å²) in [5, 5.41) is 15.9. The molecule has 0 bridgehead atoms. The molecule has 0 saturated carbocycles. The van der Waals surface area contributed by atoms with Gasteiger partial charge >= 0.3 is 35.5 Å². The second kappa shape index (κ2) is 8.31. The van der Waals surface area contributed by atoms with Gasteiger partial charge in [0.2, 0.25) is 0 Å². The van der Waals surface area contributed by atoms with E-state index in [1.807, 2.05) is 6.07 Å². The Kier molecular flexibility index (Phi) is 11.1. The van der Waals surface area contributed by atoms with Gasteiger partial charge in [-0.15, -0.1) is 11.8 Å². The van der Waals surface area contributed by atoms with E-state index < -0.39 is 5.97 Å². The zero-order valence-corrected chi connectivity index (χ0v) is 4.94. The molecule has 0 fully saturated rings. The molecule has 0 atom stereocenters. The van der Waals surface area contributed by atoms with Gasteiger partial charge in [0.1, 0.15) is 0 Å². The van der Waals surface area contributed by atoms with E-state index in [2.05, 4.69) is 0 Å². The molecule has 0 aliphatic carbocycles. The Morgan fingerprint density at radius 1 is 1.78 bits per heavy atom. The zero-order valence-electron chi connectivity index (χ0n) is 4.13. The van der Waals surface area contributed by atoms with Crippen molar-refractivity contribution in [3.05, 3.63) is 0 Å². The molecular weight excluding hydrogens is 149 g/mol. The van der Waals surface area contributed by atoms with Crippen LogP contribution in [-0.2, 0) is 4.79 Å². The maximum absolute atomic E-state index is 9.74. The Morgan fingerprint density at radius 2 is 2.33 bits per heavy atom. The summed E-state index contributed by atoms with van der Waals surface area (Å²) in [6.07, 6.45) is 0. The van der Waals surface area contributed by atoms with E-state index >= 15 is 0 Å². The van der Waals surface area contributed by atoms with Crippen molar-refractivity contribution in [3.8, 4) is 6.07 Å². The molecule has 0 aliphatic heterocycles. The molecule has 0 heterocycles. The van der Waals surface area contributed by atoms with E-state index in [1.54, 1.807) is 0 Å². The molecule has 9 heavy (non-hydrogen) atoms. The Morgan fingerprint density at radius 3 is 2.67 bits per heavy atom. The quantitative estimate of drug-likeness (QED) is 0.448. The fraction of sp³-hybridized carbons (Fsp3) is 0.500. The summed E-state index contributed by atoms with van der Waals surface area (Å²) >= 11 is 1.10. The Balaban J connectivity index is 0. The number of aliphatic carboxylic acids is 1. The van der Waals surface area contributed by atoms with Crippen molar-refractivity contribution in [2.24, 2.45) is 0 Å². The molecular formula is C4H6NNaO2S. The third-order valence-corrected chi connectivity index (χ3v) is 1.18. The summed E-state index contributed by atoms with van der Waals surface area (Å²) in [6.45, 7) is 0. The van der Waals surface area contributed by atoms with Crippen LogP contribution in [0, 0.1) is 11.3 Å². The Labute approximate surface area is 79.7 Å². The Hall–Kier alpha value is 0.310. The van der Waals surface area contributed by atoms with Crippen molar-refractivity contribution in [1.29, 1.82) is 5.26 Å². The van der Waals surface area contributed by atoms with Gasteiger partial charge in [0.15, 0.2) is 0 Å². The van der Waals surface area contributed by atoms with Crippen LogP contribution in [0.1, 0.15) is 0 Å². The first-order chi connectivity index (χ1) is 3.77. The maximum atomic E-state index is 9.74. The summed E-state index contributed by atoms with van der Waals surface area (Å²) < 4.78 is 0. The third-order valence-electron chi connectivity index (χ3n) is 0.392. The number of thioether (sulfide) groups is 1. The number of carboxylic acid groups (broad SMARTS) is 1. The summed E-state index contributed by atoms with van der Waals surface area (Å²) in [5.74, 6) is -0.592. The molecule has 46 valence electrons. The molecule has 0 aliphatic rings. The summed E-state index contributed by atoms with van der Waals surface area (Å²) in [5.41, 5.74) is 0. The van der Waals surface area contributed by atoms with Crippen LogP contribution in [0.25, 0.3) is 0 Å². The predicted molar refractivity (Wildman–Crippen MR) is 37.7 cm³/mol. The van der Waals surface area contributed by atoms with Gasteiger partial charge in [-0.25, -0.2) is 0 Å². The van der Waals surface area contributed by atoms with Crippen molar-refractivity contribution in [2.75, 3.05) is 11.5 Å². The van der Waals surface area contributed by atoms with Crippen LogP contribution in [0.3, 0.4) is 0 Å². The first kappa shape index (κ1) is 12.0. The number of hydrogen-bond donors (Lipinski definition) is 1. The first-order valence-electron chi connectivity index (χ1n) is 1.94. The molecule has 0 rings (SSSR count). The number of carbonyl (C=O) groups is 1. The molecule has 0 aromatic rings. The summed E-state index contributed by atoms with van der Waals surface area (Å²) in [4.78, 5) is 9.74. The average molecular weight is 155 g/mol. The third kappa shape index (κ3) is 11.7. The average Bonchev–Trinajstić information content (AvgIpc) is 1.66. The number of nitrogens with zero attached hydrogens (tertiary/aromatic N) is 1. The van der Waals surface area contributed by atoms with Gasteiger partial charge in [0.05, 0.1) is 17.6 Å². The number of rotatable bonds is 3. The first-order valence-corrected chi connectivity index (χ1v) is 3.09. The fourth-order valence-corrected chi connectivity index (χ4v) is 0.552. The summed E-state index contributed by atoms with van der Waals surface area (Å²) in [6, 6.07) is 1.82. The summed E-state index contributed by atoms with van der Waals surface area (Å²) in [7, 11) is 0.